The molecule has 0 fully saturated rings. The van der Waals surface area contributed by atoms with Gasteiger partial charge in [0.15, 0.2) is 0 Å². The highest BCUT2D eigenvalue weighted by Crippen LogP contribution is 2.21. The minimum atomic E-state index is -0.562. The predicted molar refractivity (Wildman–Crippen MR) is 85.6 cm³/mol. The third-order valence-corrected chi connectivity index (χ3v) is 3.28. The van der Waals surface area contributed by atoms with Crippen molar-refractivity contribution in [3.8, 4) is 5.75 Å². The Bertz CT molecular complexity index is 717. The van der Waals surface area contributed by atoms with E-state index in [2.05, 4.69) is 10.9 Å². The molecule has 0 aliphatic heterocycles. The summed E-state index contributed by atoms with van der Waals surface area (Å²) in [5.41, 5.74) is 4.77. The van der Waals surface area contributed by atoms with Crippen LogP contribution in [0.25, 0.3) is 10.8 Å². The molecule has 0 aliphatic carbocycles. The van der Waals surface area contributed by atoms with E-state index in [0.29, 0.717) is 5.56 Å². The van der Waals surface area contributed by atoms with Gasteiger partial charge in [-0.15, -0.1) is 0 Å². The number of carbonyl (C=O) groups is 2. The van der Waals surface area contributed by atoms with E-state index < -0.39 is 5.41 Å². The van der Waals surface area contributed by atoms with E-state index in [1.807, 2.05) is 24.3 Å². The monoisotopic (exact) mass is 300 g/mol. The van der Waals surface area contributed by atoms with Crippen molar-refractivity contribution in [2.45, 2.75) is 20.8 Å². The summed E-state index contributed by atoms with van der Waals surface area (Å²) in [5, 5.41) is 1.91. The molecule has 0 unspecified atom stereocenters. The molecule has 0 saturated carbocycles. The molecule has 0 spiro atoms. The Hall–Kier alpha value is -2.56. The van der Waals surface area contributed by atoms with Crippen molar-refractivity contribution in [1.82, 2.24) is 10.9 Å². The van der Waals surface area contributed by atoms with Crippen molar-refractivity contribution in [3.05, 3.63) is 42.0 Å². The first-order valence-corrected chi connectivity index (χ1v) is 7.00. The van der Waals surface area contributed by atoms with Crippen molar-refractivity contribution >= 4 is 22.6 Å². The molecule has 0 radical (unpaired) electrons. The Balaban J connectivity index is 2.13. The largest absolute Gasteiger partial charge is 0.497 e. The van der Waals surface area contributed by atoms with Gasteiger partial charge in [-0.25, -0.2) is 0 Å². The normalized spacial score (nSPS) is 11.1. The number of fused-ring (bicyclic) bond motifs is 1. The molecule has 5 heteroatoms. The molecular formula is C17H20N2O3. The molecule has 2 aromatic rings. The fourth-order valence-electron chi connectivity index (χ4n) is 1.87. The van der Waals surface area contributed by atoms with E-state index >= 15 is 0 Å². The quantitative estimate of drug-likeness (QED) is 0.838. The number of benzene rings is 2. The van der Waals surface area contributed by atoms with Crippen LogP contribution in [-0.4, -0.2) is 18.9 Å². The maximum absolute atomic E-state index is 12.1. The molecule has 2 aromatic carbocycles. The summed E-state index contributed by atoms with van der Waals surface area (Å²) in [5.74, 6) is 0.170. The minimum absolute atomic E-state index is 0.244. The average molecular weight is 300 g/mol. The van der Waals surface area contributed by atoms with E-state index in [9.17, 15) is 9.59 Å². The molecule has 5 nitrogen and oxygen atoms in total. The van der Waals surface area contributed by atoms with Crippen LogP contribution in [0.3, 0.4) is 0 Å². The highest BCUT2D eigenvalue weighted by molar-refractivity contribution is 5.99. The lowest BCUT2D eigenvalue weighted by Gasteiger charge is -2.18. The van der Waals surface area contributed by atoms with Gasteiger partial charge in [0.05, 0.1) is 7.11 Å². The minimum Gasteiger partial charge on any atom is -0.497 e. The molecule has 2 amide bonds. The SMILES string of the molecule is COc1ccc2cc(C(=O)NNC(=O)C(C)(C)C)ccc2c1. The molecule has 0 saturated heterocycles. The molecule has 0 aliphatic rings. The van der Waals surface area contributed by atoms with Gasteiger partial charge in [-0.1, -0.05) is 32.9 Å². The maximum atomic E-state index is 12.1. The van der Waals surface area contributed by atoms with Crippen LogP contribution in [0.15, 0.2) is 36.4 Å². The van der Waals surface area contributed by atoms with Crippen molar-refractivity contribution in [1.29, 1.82) is 0 Å². The first-order valence-electron chi connectivity index (χ1n) is 7.00. The van der Waals surface area contributed by atoms with Gasteiger partial charge in [0, 0.05) is 11.0 Å². The molecule has 0 heterocycles. The number of hydrogen-bond acceptors (Lipinski definition) is 3. The summed E-state index contributed by atoms with van der Waals surface area (Å²) in [4.78, 5) is 23.8. The Morgan fingerprint density at radius 1 is 0.955 bits per heavy atom. The zero-order valence-electron chi connectivity index (χ0n) is 13.2. The summed E-state index contributed by atoms with van der Waals surface area (Å²) < 4.78 is 5.17. The third-order valence-electron chi connectivity index (χ3n) is 3.28. The second kappa shape index (κ2) is 6.05. The first-order chi connectivity index (χ1) is 10.3. The second-order valence-corrected chi connectivity index (χ2v) is 6.09. The Morgan fingerprint density at radius 3 is 2.23 bits per heavy atom. The Labute approximate surface area is 129 Å². The highest BCUT2D eigenvalue weighted by atomic mass is 16.5. The molecule has 0 atom stereocenters. The fourth-order valence-corrected chi connectivity index (χ4v) is 1.87. The zero-order valence-corrected chi connectivity index (χ0v) is 13.2. The first kappa shape index (κ1) is 15.8. The van der Waals surface area contributed by atoms with Gasteiger partial charge in [-0.2, -0.15) is 0 Å². The van der Waals surface area contributed by atoms with E-state index in [1.54, 1.807) is 40.0 Å². The standard InChI is InChI=1S/C17H20N2O3/c1-17(2,3)16(21)19-18-15(20)13-6-5-12-10-14(22-4)8-7-11(12)9-13/h5-10H,1-4H3,(H,18,20)(H,19,21). The van der Waals surface area contributed by atoms with Gasteiger partial charge in [0.2, 0.25) is 5.91 Å². The van der Waals surface area contributed by atoms with E-state index in [-0.39, 0.29) is 11.8 Å². The lowest BCUT2D eigenvalue weighted by molar-refractivity contribution is -0.129. The van der Waals surface area contributed by atoms with Crippen LogP contribution in [0.5, 0.6) is 5.75 Å². The Morgan fingerprint density at radius 2 is 1.59 bits per heavy atom. The number of amides is 2. The van der Waals surface area contributed by atoms with Crippen molar-refractivity contribution < 1.29 is 14.3 Å². The number of ether oxygens (including phenoxy) is 1. The molecule has 0 bridgehead atoms. The zero-order chi connectivity index (χ0) is 16.3. The van der Waals surface area contributed by atoms with Crippen molar-refractivity contribution in [2.75, 3.05) is 7.11 Å². The van der Waals surface area contributed by atoms with E-state index in [0.717, 1.165) is 16.5 Å². The van der Waals surface area contributed by atoms with Crippen LogP contribution >= 0.6 is 0 Å². The number of methoxy groups -OCH3 is 1. The third kappa shape index (κ3) is 3.55. The lowest BCUT2D eigenvalue weighted by Crippen LogP contribution is -2.46. The van der Waals surface area contributed by atoms with Crippen LogP contribution < -0.4 is 15.6 Å². The van der Waals surface area contributed by atoms with Crippen LogP contribution in [0, 0.1) is 5.41 Å². The Kier molecular flexibility index (Phi) is 4.35. The lowest BCUT2D eigenvalue weighted by atomic mass is 9.96. The van der Waals surface area contributed by atoms with Crippen LogP contribution in [0.2, 0.25) is 0 Å². The number of rotatable bonds is 2. The van der Waals surface area contributed by atoms with Gasteiger partial charge in [0.1, 0.15) is 5.75 Å². The number of nitrogens with one attached hydrogen (secondary N) is 2. The van der Waals surface area contributed by atoms with Crippen LogP contribution in [-0.2, 0) is 4.79 Å². The van der Waals surface area contributed by atoms with Crippen molar-refractivity contribution in [2.24, 2.45) is 5.41 Å². The van der Waals surface area contributed by atoms with Crippen molar-refractivity contribution in [3.63, 3.8) is 0 Å². The number of carbonyl (C=O) groups excluding carboxylic acids is 2. The van der Waals surface area contributed by atoms with Crippen LogP contribution in [0.4, 0.5) is 0 Å². The molecule has 2 rings (SSSR count). The summed E-state index contributed by atoms with van der Waals surface area (Å²) in [6.07, 6.45) is 0. The molecule has 116 valence electrons. The van der Waals surface area contributed by atoms with Crippen LogP contribution in [0.1, 0.15) is 31.1 Å². The smallest absolute Gasteiger partial charge is 0.269 e. The fraction of sp³-hybridized carbons (Fsp3) is 0.294. The molecular weight excluding hydrogens is 280 g/mol. The summed E-state index contributed by atoms with van der Waals surface area (Å²) in [6, 6.07) is 11.0. The number of hydrazine groups is 1. The second-order valence-electron chi connectivity index (χ2n) is 6.09. The maximum Gasteiger partial charge on any atom is 0.269 e. The van der Waals surface area contributed by atoms with Gasteiger partial charge >= 0.3 is 0 Å². The predicted octanol–water partition coefficient (Wildman–Crippen LogP) is 2.66. The highest BCUT2D eigenvalue weighted by Gasteiger charge is 2.21. The summed E-state index contributed by atoms with van der Waals surface area (Å²) in [6.45, 7) is 5.33. The van der Waals surface area contributed by atoms with Gasteiger partial charge < -0.3 is 4.74 Å². The summed E-state index contributed by atoms with van der Waals surface area (Å²) in [7, 11) is 1.61. The number of hydrogen-bond donors (Lipinski definition) is 2. The molecule has 2 N–H and O–H groups in total. The van der Waals surface area contributed by atoms with Gasteiger partial charge in [0.25, 0.3) is 5.91 Å². The average Bonchev–Trinajstić information content (AvgIpc) is 2.50. The van der Waals surface area contributed by atoms with Gasteiger partial charge in [-0.05, 0) is 35.0 Å². The topological polar surface area (TPSA) is 67.4 Å². The van der Waals surface area contributed by atoms with E-state index in [1.165, 1.54) is 0 Å². The van der Waals surface area contributed by atoms with Gasteiger partial charge in [-0.3, -0.25) is 20.4 Å². The van der Waals surface area contributed by atoms with E-state index in [4.69, 9.17) is 4.74 Å². The molecule has 22 heavy (non-hydrogen) atoms. The molecule has 0 aromatic heterocycles. The summed E-state index contributed by atoms with van der Waals surface area (Å²) >= 11 is 0.